The fourth-order valence-electron chi connectivity index (χ4n) is 2.44. The second-order valence-electron chi connectivity index (χ2n) is 5.83. The van der Waals surface area contributed by atoms with Gasteiger partial charge in [0.1, 0.15) is 5.71 Å². The normalized spacial score (nSPS) is 11.8. The van der Waals surface area contributed by atoms with E-state index in [1.807, 2.05) is 30.3 Å². The van der Waals surface area contributed by atoms with Crippen molar-refractivity contribution in [3.8, 4) is 0 Å². The molecule has 0 saturated carbocycles. The maximum Gasteiger partial charge on any atom is 0.280 e. The largest absolute Gasteiger partial charge is 0.410 e. The quantitative estimate of drug-likeness (QED) is 0.284. The Morgan fingerprint density at radius 3 is 2.17 bits per heavy atom. The maximum atomic E-state index is 12.8. The number of nitrogens with zero attached hydrogens (tertiary/aromatic N) is 2. The zero-order valence-corrected chi connectivity index (χ0v) is 16.5. The Balaban J connectivity index is 1.95. The molecule has 0 heterocycles. The summed E-state index contributed by atoms with van der Waals surface area (Å²) in [6.07, 6.45) is 0. The van der Waals surface area contributed by atoms with Crippen LogP contribution >= 0.6 is 23.2 Å². The number of para-hydroxylation sites is 2. The molecular formula is C21H16Cl2N4O2. The average molecular weight is 427 g/mol. The van der Waals surface area contributed by atoms with Crippen LogP contribution in [-0.4, -0.2) is 22.5 Å². The van der Waals surface area contributed by atoms with Crippen molar-refractivity contribution in [2.75, 3.05) is 10.7 Å². The van der Waals surface area contributed by atoms with Gasteiger partial charge >= 0.3 is 0 Å². The lowest BCUT2D eigenvalue weighted by Gasteiger charge is -2.11. The highest BCUT2D eigenvalue weighted by Gasteiger charge is 2.22. The van der Waals surface area contributed by atoms with Gasteiger partial charge in [-0.1, -0.05) is 70.8 Å². The minimum absolute atomic E-state index is 0.123. The molecule has 6 nitrogen and oxygen atoms in total. The van der Waals surface area contributed by atoms with Gasteiger partial charge in [0.15, 0.2) is 5.71 Å². The molecule has 0 bridgehead atoms. The van der Waals surface area contributed by atoms with Crippen LogP contribution < -0.4 is 10.7 Å². The van der Waals surface area contributed by atoms with E-state index in [0.717, 1.165) is 0 Å². The molecule has 0 aliphatic carbocycles. The van der Waals surface area contributed by atoms with Crippen molar-refractivity contribution in [1.82, 2.24) is 0 Å². The van der Waals surface area contributed by atoms with Crippen molar-refractivity contribution in [2.24, 2.45) is 10.3 Å². The number of amides is 1. The number of hydrazone groups is 1. The molecule has 3 N–H and O–H groups in total. The van der Waals surface area contributed by atoms with E-state index < -0.39 is 5.91 Å². The highest BCUT2D eigenvalue weighted by Crippen LogP contribution is 2.21. The van der Waals surface area contributed by atoms with Crippen LogP contribution in [0, 0.1) is 0 Å². The van der Waals surface area contributed by atoms with Gasteiger partial charge in [0.05, 0.1) is 16.4 Å². The first kappa shape index (κ1) is 20.4. The molecule has 146 valence electrons. The molecule has 0 aliphatic heterocycles. The predicted octanol–water partition coefficient (Wildman–Crippen LogP) is 5.28. The van der Waals surface area contributed by atoms with Gasteiger partial charge in [-0.3, -0.25) is 10.2 Å². The van der Waals surface area contributed by atoms with Crippen LogP contribution in [0.5, 0.6) is 0 Å². The first-order valence-electron chi connectivity index (χ1n) is 8.51. The highest BCUT2D eigenvalue weighted by atomic mass is 35.5. The van der Waals surface area contributed by atoms with Gasteiger partial charge < -0.3 is 10.5 Å². The Morgan fingerprint density at radius 2 is 1.52 bits per heavy atom. The smallest absolute Gasteiger partial charge is 0.280 e. The third kappa shape index (κ3) is 5.34. The van der Waals surface area contributed by atoms with Crippen LogP contribution in [0.25, 0.3) is 0 Å². The maximum absolute atomic E-state index is 12.8. The number of hydrogen-bond donors (Lipinski definition) is 3. The first-order valence-corrected chi connectivity index (χ1v) is 9.27. The number of oxime groups is 1. The minimum Gasteiger partial charge on any atom is -0.410 e. The summed E-state index contributed by atoms with van der Waals surface area (Å²) >= 11 is 12.1. The van der Waals surface area contributed by atoms with Gasteiger partial charge in [-0.2, -0.15) is 5.10 Å². The van der Waals surface area contributed by atoms with E-state index in [2.05, 4.69) is 21.0 Å². The minimum atomic E-state index is -0.677. The van der Waals surface area contributed by atoms with Crippen molar-refractivity contribution in [1.29, 1.82) is 0 Å². The molecule has 29 heavy (non-hydrogen) atoms. The topological polar surface area (TPSA) is 86.1 Å². The van der Waals surface area contributed by atoms with E-state index in [4.69, 9.17) is 23.2 Å². The van der Waals surface area contributed by atoms with E-state index in [-0.39, 0.29) is 11.4 Å². The molecule has 0 saturated heterocycles. The predicted molar refractivity (Wildman–Crippen MR) is 117 cm³/mol. The van der Waals surface area contributed by atoms with Crippen molar-refractivity contribution in [3.63, 3.8) is 0 Å². The average Bonchev–Trinajstić information content (AvgIpc) is 2.74. The lowest BCUT2D eigenvalue weighted by Crippen LogP contribution is -2.31. The fourth-order valence-corrected chi connectivity index (χ4v) is 2.75. The number of benzene rings is 3. The molecule has 0 spiro atoms. The molecule has 1 amide bonds. The number of carbonyl (C=O) groups is 1. The Bertz CT molecular complexity index is 1050. The molecule has 3 aromatic carbocycles. The molecule has 8 heteroatoms. The lowest BCUT2D eigenvalue weighted by molar-refractivity contribution is -0.110. The summed E-state index contributed by atoms with van der Waals surface area (Å²) in [7, 11) is 0. The molecule has 0 aromatic heterocycles. The zero-order chi connectivity index (χ0) is 20.6. The third-order valence-corrected chi connectivity index (χ3v) is 4.43. The van der Waals surface area contributed by atoms with Crippen molar-refractivity contribution < 1.29 is 10.0 Å². The zero-order valence-electron chi connectivity index (χ0n) is 15.0. The fraction of sp³-hybridized carbons (Fsp3) is 0. The van der Waals surface area contributed by atoms with Crippen LogP contribution in [0.15, 0.2) is 89.1 Å². The van der Waals surface area contributed by atoms with E-state index >= 15 is 0 Å². The van der Waals surface area contributed by atoms with Crippen molar-refractivity contribution in [2.45, 2.75) is 0 Å². The van der Waals surface area contributed by atoms with Gasteiger partial charge in [-0.15, -0.1) is 0 Å². The molecule has 0 atom stereocenters. The molecule has 0 unspecified atom stereocenters. The van der Waals surface area contributed by atoms with Gasteiger partial charge in [0, 0.05) is 10.6 Å². The van der Waals surface area contributed by atoms with Gasteiger partial charge in [0.25, 0.3) is 5.91 Å². The van der Waals surface area contributed by atoms with E-state index in [1.165, 1.54) is 0 Å². The molecule has 3 rings (SSSR count). The summed E-state index contributed by atoms with van der Waals surface area (Å²) in [6, 6.07) is 22.5. The molecule has 0 aliphatic rings. The van der Waals surface area contributed by atoms with Crippen LogP contribution in [0.3, 0.4) is 0 Å². The number of hydrogen-bond acceptors (Lipinski definition) is 5. The number of halogens is 2. The number of carbonyl (C=O) groups excluding carboxylic acids is 1. The number of anilines is 2. The molecule has 0 fully saturated rings. The Morgan fingerprint density at radius 1 is 0.862 bits per heavy atom. The number of nitrogens with one attached hydrogen (secondary N) is 2. The molecule has 3 aromatic rings. The highest BCUT2D eigenvalue weighted by molar-refractivity contribution is 6.71. The lowest BCUT2D eigenvalue weighted by atomic mass is 10.1. The monoisotopic (exact) mass is 426 g/mol. The van der Waals surface area contributed by atoms with E-state index in [1.54, 1.807) is 48.5 Å². The SMILES string of the molecule is O=C(Nc1ccccc1Cl)C(=N\O)/C(=N\Nc1ccccc1)c1ccc(Cl)cc1. The Kier molecular flexibility index (Phi) is 6.84. The summed E-state index contributed by atoms with van der Waals surface area (Å²) in [6.45, 7) is 0. The second kappa shape index (κ2) is 9.73. The van der Waals surface area contributed by atoms with Gasteiger partial charge in [-0.05, 0) is 36.4 Å². The van der Waals surface area contributed by atoms with Crippen LogP contribution in [-0.2, 0) is 4.79 Å². The van der Waals surface area contributed by atoms with E-state index in [0.29, 0.717) is 27.0 Å². The summed E-state index contributed by atoms with van der Waals surface area (Å²) in [4.78, 5) is 12.8. The summed E-state index contributed by atoms with van der Waals surface area (Å²) in [5.74, 6) is -0.677. The van der Waals surface area contributed by atoms with Gasteiger partial charge in [-0.25, -0.2) is 0 Å². The molecular weight excluding hydrogens is 411 g/mol. The third-order valence-electron chi connectivity index (χ3n) is 3.85. The second-order valence-corrected chi connectivity index (χ2v) is 6.67. The summed E-state index contributed by atoms with van der Waals surface area (Å²) in [5.41, 5.74) is 4.29. The van der Waals surface area contributed by atoms with E-state index in [9.17, 15) is 10.0 Å². The van der Waals surface area contributed by atoms with Crippen LogP contribution in [0.2, 0.25) is 10.0 Å². The van der Waals surface area contributed by atoms with Crippen LogP contribution in [0.1, 0.15) is 5.56 Å². The standard InChI is InChI=1S/C21H16Cl2N4O2/c22-15-12-10-14(11-13-15)19(26-25-16-6-2-1-3-7-16)20(27-29)21(28)24-18-9-5-4-8-17(18)23/h1-13,25,29H,(H,24,28)/b26-19-,27-20-. The van der Waals surface area contributed by atoms with Crippen molar-refractivity contribution >= 4 is 51.9 Å². The van der Waals surface area contributed by atoms with Crippen LogP contribution in [0.4, 0.5) is 11.4 Å². The van der Waals surface area contributed by atoms with Gasteiger partial charge in [0.2, 0.25) is 0 Å². The first-order chi connectivity index (χ1) is 14.1. The number of rotatable bonds is 6. The molecule has 0 radical (unpaired) electrons. The Hall–Kier alpha value is -3.35. The summed E-state index contributed by atoms with van der Waals surface area (Å²) in [5, 5.41) is 20.6. The Labute approximate surface area is 177 Å². The van der Waals surface area contributed by atoms with Crippen molar-refractivity contribution in [3.05, 3.63) is 94.5 Å². The summed E-state index contributed by atoms with van der Waals surface area (Å²) < 4.78 is 0.